The molecule has 1 spiro atoms. The van der Waals surface area contributed by atoms with Crippen molar-refractivity contribution in [3.8, 4) is 23.1 Å². The Kier molecular flexibility index (Phi) is 11.7. The summed E-state index contributed by atoms with van der Waals surface area (Å²) < 4.78 is 9.57. The van der Waals surface area contributed by atoms with Gasteiger partial charge < -0.3 is 44.7 Å². The molecule has 3 aliphatic heterocycles. The Morgan fingerprint density at radius 1 is 0.864 bits per heavy atom. The van der Waals surface area contributed by atoms with Crippen LogP contribution in [0.5, 0.6) is 0 Å². The summed E-state index contributed by atoms with van der Waals surface area (Å²) in [7, 11) is 2.55. The van der Waals surface area contributed by atoms with Crippen LogP contribution in [-0.4, -0.2) is 104 Å². The first-order chi connectivity index (χ1) is 28.3. The van der Waals surface area contributed by atoms with Crippen LogP contribution in [0.25, 0.3) is 22.3 Å². The number of methoxy groups -OCH3 is 2. The number of amides is 4. The number of oxime groups is 1. The second-order valence-electron chi connectivity index (χ2n) is 16.2. The highest BCUT2D eigenvalue weighted by atomic mass is 16.7. The molecule has 0 aliphatic carbocycles. The Morgan fingerprint density at radius 3 is 2.14 bits per heavy atom. The average Bonchev–Trinajstić information content (AvgIpc) is 4.08. The normalized spacial score (nSPS) is 20.9. The van der Waals surface area contributed by atoms with Gasteiger partial charge in [0.05, 0.1) is 61.5 Å². The van der Waals surface area contributed by atoms with Crippen LogP contribution in [0.1, 0.15) is 95.2 Å². The minimum atomic E-state index is -0.803. The van der Waals surface area contributed by atoms with E-state index in [4.69, 9.17) is 19.3 Å². The maximum absolute atomic E-state index is 14.1. The van der Waals surface area contributed by atoms with E-state index in [2.05, 4.69) is 42.6 Å². The smallest absolute Gasteiger partial charge is 0.407 e. The number of H-pyrrole nitrogens is 2. The number of hydrogen-bond acceptors (Lipinski definition) is 10. The SMILES string of the molecule is COC(=O)N[C@H](C(=O)N1CCC[C@H]1c1ncc(-c2ccc(C#Cc3ccc4nc([C@@H]5C[C@]6(CC(C)=NO6)CN5C(=O)[C@@H](NC(=O)OC)C(C)C)[nH]c4c3)cc2)[nH]1)C(C)C. The van der Waals surface area contributed by atoms with Crippen molar-refractivity contribution in [1.82, 2.24) is 40.4 Å². The maximum Gasteiger partial charge on any atom is 0.407 e. The van der Waals surface area contributed by atoms with Gasteiger partial charge in [0.2, 0.25) is 11.8 Å². The predicted molar refractivity (Wildman–Crippen MR) is 219 cm³/mol. The molecule has 2 fully saturated rings. The monoisotopic (exact) mass is 805 g/mol. The van der Waals surface area contributed by atoms with E-state index in [1.54, 1.807) is 16.0 Å². The van der Waals surface area contributed by atoms with E-state index in [-0.39, 0.29) is 29.7 Å². The highest BCUT2D eigenvalue weighted by molar-refractivity contribution is 5.88. The molecule has 5 heterocycles. The van der Waals surface area contributed by atoms with Gasteiger partial charge >= 0.3 is 12.2 Å². The molecule has 3 aliphatic rings. The number of likely N-dealkylation sites (tertiary alicyclic amines) is 2. The molecule has 4 N–H and O–H groups in total. The second-order valence-corrected chi connectivity index (χ2v) is 16.2. The van der Waals surface area contributed by atoms with Crippen molar-refractivity contribution < 1.29 is 33.5 Å². The molecule has 16 nitrogen and oxygen atoms in total. The number of ether oxygens (including phenoxy) is 2. The van der Waals surface area contributed by atoms with Crippen LogP contribution in [0.15, 0.2) is 53.8 Å². The van der Waals surface area contributed by atoms with Crippen molar-refractivity contribution in [2.75, 3.05) is 27.3 Å². The third kappa shape index (κ3) is 8.60. The predicted octanol–water partition coefficient (Wildman–Crippen LogP) is 5.59. The number of aromatic amines is 2. The van der Waals surface area contributed by atoms with Crippen LogP contribution in [0.2, 0.25) is 0 Å². The van der Waals surface area contributed by atoms with Crippen LogP contribution < -0.4 is 10.6 Å². The van der Waals surface area contributed by atoms with E-state index in [1.807, 2.05) is 77.1 Å². The number of alkyl carbamates (subject to hydrolysis) is 2. The topological polar surface area (TPSA) is 196 Å². The van der Waals surface area contributed by atoms with Gasteiger partial charge in [-0.15, -0.1) is 0 Å². The minimum absolute atomic E-state index is 0.117. The van der Waals surface area contributed by atoms with E-state index in [9.17, 15) is 19.2 Å². The van der Waals surface area contributed by atoms with E-state index in [0.29, 0.717) is 37.6 Å². The molecule has 0 unspecified atom stereocenters. The van der Waals surface area contributed by atoms with Crippen molar-refractivity contribution in [3.63, 3.8) is 0 Å². The van der Waals surface area contributed by atoms with Crippen molar-refractivity contribution in [1.29, 1.82) is 0 Å². The van der Waals surface area contributed by atoms with Gasteiger partial charge in [-0.05, 0) is 67.5 Å². The molecule has 4 amide bonds. The number of imidazole rings is 2. The van der Waals surface area contributed by atoms with Crippen LogP contribution in [-0.2, 0) is 23.9 Å². The molecule has 5 atom stereocenters. The van der Waals surface area contributed by atoms with Gasteiger partial charge in [-0.2, -0.15) is 0 Å². The summed E-state index contributed by atoms with van der Waals surface area (Å²) in [5.41, 5.74) is 5.05. The van der Waals surface area contributed by atoms with Gasteiger partial charge in [0.15, 0.2) is 5.60 Å². The van der Waals surface area contributed by atoms with E-state index in [0.717, 1.165) is 52.0 Å². The second kappa shape index (κ2) is 16.8. The number of carbonyl (C=O) groups excluding carboxylic acids is 4. The van der Waals surface area contributed by atoms with Crippen molar-refractivity contribution in [3.05, 3.63) is 71.4 Å². The number of hydrogen-bond donors (Lipinski definition) is 4. The molecular formula is C43H51N9O7. The van der Waals surface area contributed by atoms with Crippen molar-refractivity contribution >= 4 is 40.7 Å². The number of benzene rings is 2. The standard InChI is InChI=1S/C43H51N9O7/c1-24(2)35(48-41(55)57-6)39(53)51-18-8-9-33(51)37-44-22-32(47-37)29-15-12-27(13-16-29)10-11-28-14-17-30-31(19-28)46-38(45-30)34-21-43(20-26(5)50-59-43)23-52(34)40(54)36(25(3)4)49-42(56)58-7/h12-17,19,22,24-25,33-36H,8-9,18,20-21,23H2,1-7H3,(H,44,47)(H,45,46)(H,48,55)(H,49,56)/t33-,34-,35-,36-,43+/m0/s1. The summed E-state index contributed by atoms with van der Waals surface area (Å²) in [4.78, 5) is 77.6. The maximum atomic E-state index is 14.1. The first-order valence-corrected chi connectivity index (χ1v) is 20.0. The van der Waals surface area contributed by atoms with E-state index < -0.39 is 35.9 Å². The summed E-state index contributed by atoms with van der Waals surface area (Å²) >= 11 is 0. The summed E-state index contributed by atoms with van der Waals surface area (Å²) in [5.74, 6) is 7.12. The molecule has 310 valence electrons. The molecule has 2 aromatic carbocycles. The molecular weight excluding hydrogens is 755 g/mol. The highest BCUT2D eigenvalue weighted by Crippen LogP contribution is 2.44. The molecule has 7 rings (SSSR count). The lowest BCUT2D eigenvalue weighted by atomic mass is 9.94. The first kappa shape index (κ1) is 40.8. The molecule has 2 saturated heterocycles. The van der Waals surface area contributed by atoms with Crippen LogP contribution in [0.4, 0.5) is 9.59 Å². The summed E-state index contributed by atoms with van der Waals surface area (Å²) in [6.45, 7) is 10.3. The molecule has 2 aromatic heterocycles. The Hall–Kier alpha value is -6.37. The molecule has 4 aromatic rings. The first-order valence-electron chi connectivity index (χ1n) is 20.0. The lowest BCUT2D eigenvalue weighted by Gasteiger charge is -2.30. The van der Waals surface area contributed by atoms with E-state index in [1.165, 1.54) is 14.2 Å². The third-order valence-electron chi connectivity index (χ3n) is 11.2. The number of aromatic nitrogens is 4. The average molecular weight is 806 g/mol. The molecule has 59 heavy (non-hydrogen) atoms. The lowest BCUT2D eigenvalue weighted by molar-refractivity contribution is -0.137. The van der Waals surface area contributed by atoms with Crippen molar-refractivity contribution in [2.24, 2.45) is 17.0 Å². The van der Waals surface area contributed by atoms with Gasteiger partial charge in [0.1, 0.15) is 23.7 Å². The highest BCUT2D eigenvalue weighted by Gasteiger charge is 2.53. The largest absolute Gasteiger partial charge is 0.453 e. The van der Waals surface area contributed by atoms with Gasteiger partial charge in [0, 0.05) is 30.5 Å². The molecule has 0 saturated carbocycles. The number of carbonyl (C=O) groups is 4. The minimum Gasteiger partial charge on any atom is -0.453 e. The molecule has 0 radical (unpaired) electrons. The third-order valence-corrected chi connectivity index (χ3v) is 11.2. The zero-order valence-corrected chi connectivity index (χ0v) is 34.4. The molecule has 16 heteroatoms. The summed E-state index contributed by atoms with van der Waals surface area (Å²) in [5, 5.41) is 9.60. The summed E-state index contributed by atoms with van der Waals surface area (Å²) in [6, 6.07) is 11.4. The number of nitrogens with one attached hydrogen (secondary N) is 4. The fraction of sp³-hybridized carbons (Fsp3) is 0.465. The van der Waals surface area contributed by atoms with E-state index >= 15 is 0 Å². The number of fused-ring (bicyclic) bond motifs is 1. The zero-order valence-electron chi connectivity index (χ0n) is 34.4. The summed E-state index contributed by atoms with van der Waals surface area (Å²) in [6.07, 6.45) is 3.14. The van der Waals surface area contributed by atoms with Gasteiger partial charge in [-0.25, -0.2) is 19.6 Å². The Balaban J connectivity index is 1.05. The van der Waals surface area contributed by atoms with Crippen LogP contribution in [0.3, 0.4) is 0 Å². The Bertz CT molecular complexity index is 2320. The quantitative estimate of drug-likeness (QED) is 0.156. The van der Waals surface area contributed by atoms with Crippen LogP contribution in [0, 0.1) is 23.7 Å². The van der Waals surface area contributed by atoms with Gasteiger partial charge in [0.25, 0.3) is 0 Å². The zero-order chi connectivity index (χ0) is 42.0. The lowest BCUT2D eigenvalue weighted by Crippen LogP contribution is -2.52. The fourth-order valence-electron chi connectivity index (χ4n) is 8.19. The Labute approximate surface area is 342 Å². The number of rotatable bonds is 9. The van der Waals surface area contributed by atoms with Gasteiger partial charge in [-0.3, -0.25) is 9.59 Å². The van der Waals surface area contributed by atoms with Gasteiger partial charge in [-0.1, -0.05) is 56.8 Å². The Morgan fingerprint density at radius 2 is 1.51 bits per heavy atom. The van der Waals surface area contributed by atoms with Crippen molar-refractivity contribution in [2.45, 2.75) is 90.1 Å². The van der Waals surface area contributed by atoms with Crippen LogP contribution >= 0.6 is 0 Å². The number of nitrogens with zero attached hydrogens (tertiary/aromatic N) is 5. The fourth-order valence-corrected chi connectivity index (χ4v) is 8.19. The molecule has 0 bridgehead atoms.